The molecule has 0 amide bonds. The van der Waals surface area contributed by atoms with Crippen LogP contribution in [0.2, 0.25) is 0 Å². The Labute approximate surface area is 125 Å². The Balaban J connectivity index is 2.07. The molecule has 0 fully saturated rings. The molecule has 0 radical (unpaired) electrons. The Hall–Kier alpha value is -2.55. The molecule has 0 spiro atoms. The van der Waals surface area contributed by atoms with Gasteiger partial charge in [-0.2, -0.15) is 0 Å². The highest BCUT2D eigenvalue weighted by Gasteiger charge is 2.02. The monoisotopic (exact) mass is 281 g/mol. The van der Waals surface area contributed by atoms with Gasteiger partial charge >= 0.3 is 0 Å². The first-order chi connectivity index (χ1) is 10.1. The van der Waals surface area contributed by atoms with E-state index >= 15 is 0 Å². The number of anilines is 1. The van der Waals surface area contributed by atoms with Crippen LogP contribution in [0.3, 0.4) is 0 Å². The zero-order valence-corrected chi connectivity index (χ0v) is 12.5. The highest BCUT2D eigenvalue weighted by atomic mass is 16.5. The third kappa shape index (κ3) is 3.96. The lowest BCUT2D eigenvalue weighted by Crippen LogP contribution is -2.07. The number of hydrogen-bond donors (Lipinski definition) is 0. The molecule has 3 nitrogen and oxygen atoms in total. The number of carbonyl (C=O) groups excluding carboxylic acids is 1. The van der Waals surface area contributed by atoms with Crippen LogP contribution in [0.15, 0.2) is 54.6 Å². The number of carbonyl (C=O) groups is 1. The van der Waals surface area contributed by atoms with Crippen LogP contribution in [0.4, 0.5) is 5.69 Å². The molecule has 0 aliphatic heterocycles. The first kappa shape index (κ1) is 14.9. The largest absolute Gasteiger partial charge is 0.497 e. The van der Waals surface area contributed by atoms with Crippen molar-refractivity contribution in [1.82, 2.24) is 0 Å². The highest BCUT2D eigenvalue weighted by Crippen LogP contribution is 2.15. The van der Waals surface area contributed by atoms with Gasteiger partial charge in [-0.25, -0.2) is 0 Å². The minimum absolute atomic E-state index is 0.0191. The van der Waals surface area contributed by atoms with Crippen molar-refractivity contribution in [3.05, 3.63) is 65.7 Å². The third-order valence-corrected chi connectivity index (χ3v) is 3.21. The molecular formula is C18H19NO2. The Bertz CT molecular complexity index is 625. The van der Waals surface area contributed by atoms with E-state index in [1.807, 2.05) is 49.3 Å². The lowest BCUT2D eigenvalue weighted by Gasteiger charge is -2.11. The molecule has 0 saturated heterocycles. The SMILES string of the molecule is COc1ccc(C(=O)/C=C\c2ccc(N(C)C)cc2)cc1. The minimum atomic E-state index is -0.0191. The Morgan fingerprint density at radius 3 is 2.14 bits per heavy atom. The van der Waals surface area contributed by atoms with Gasteiger partial charge in [0.05, 0.1) is 7.11 Å². The van der Waals surface area contributed by atoms with Crippen molar-refractivity contribution in [2.24, 2.45) is 0 Å². The summed E-state index contributed by atoms with van der Waals surface area (Å²) in [4.78, 5) is 14.1. The number of benzene rings is 2. The lowest BCUT2D eigenvalue weighted by atomic mass is 10.1. The van der Waals surface area contributed by atoms with Crippen molar-refractivity contribution in [3.63, 3.8) is 0 Å². The average Bonchev–Trinajstić information content (AvgIpc) is 2.53. The summed E-state index contributed by atoms with van der Waals surface area (Å²) in [6.45, 7) is 0. The fraction of sp³-hybridized carbons (Fsp3) is 0.167. The Morgan fingerprint density at radius 1 is 1.00 bits per heavy atom. The van der Waals surface area contributed by atoms with Crippen molar-refractivity contribution in [3.8, 4) is 5.75 Å². The van der Waals surface area contributed by atoms with Crippen LogP contribution in [0.5, 0.6) is 5.75 Å². The lowest BCUT2D eigenvalue weighted by molar-refractivity contribution is 0.104. The molecular weight excluding hydrogens is 262 g/mol. The number of nitrogens with zero attached hydrogens (tertiary/aromatic N) is 1. The van der Waals surface area contributed by atoms with E-state index in [9.17, 15) is 4.79 Å². The van der Waals surface area contributed by atoms with Gasteiger partial charge in [-0.15, -0.1) is 0 Å². The molecule has 0 saturated carbocycles. The summed E-state index contributed by atoms with van der Waals surface area (Å²) < 4.78 is 5.08. The van der Waals surface area contributed by atoms with Crippen molar-refractivity contribution in [2.45, 2.75) is 0 Å². The molecule has 0 bridgehead atoms. The van der Waals surface area contributed by atoms with E-state index in [2.05, 4.69) is 0 Å². The summed E-state index contributed by atoms with van der Waals surface area (Å²) in [6.07, 6.45) is 3.42. The number of ether oxygens (including phenoxy) is 1. The summed E-state index contributed by atoms with van der Waals surface area (Å²) >= 11 is 0. The van der Waals surface area contributed by atoms with Gasteiger partial charge in [-0.05, 0) is 48.0 Å². The topological polar surface area (TPSA) is 29.5 Å². The molecule has 2 aromatic carbocycles. The van der Waals surface area contributed by atoms with Gasteiger partial charge in [-0.3, -0.25) is 4.79 Å². The second-order valence-electron chi connectivity index (χ2n) is 4.91. The molecule has 21 heavy (non-hydrogen) atoms. The minimum Gasteiger partial charge on any atom is -0.497 e. The molecule has 0 atom stereocenters. The van der Waals surface area contributed by atoms with E-state index in [0.29, 0.717) is 5.56 Å². The van der Waals surface area contributed by atoms with Crippen LogP contribution < -0.4 is 9.64 Å². The van der Waals surface area contributed by atoms with Gasteiger partial charge in [0.15, 0.2) is 5.78 Å². The van der Waals surface area contributed by atoms with Gasteiger partial charge in [-0.1, -0.05) is 18.2 Å². The van der Waals surface area contributed by atoms with E-state index in [1.165, 1.54) is 0 Å². The van der Waals surface area contributed by atoms with E-state index < -0.39 is 0 Å². The fourth-order valence-electron chi connectivity index (χ4n) is 1.91. The predicted octanol–water partition coefficient (Wildman–Crippen LogP) is 3.66. The molecule has 2 aromatic rings. The van der Waals surface area contributed by atoms with E-state index in [1.54, 1.807) is 37.5 Å². The zero-order chi connectivity index (χ0) is 15.2. The quantitative estimate of drug-likeness (QED) is 0.619. The first-order valence-corrected chi connectivity index (χ1v) is 6.74. The number of rotatable bonds is 5. The van der Waals surface area contributed by atoms with E-state index in [4.69, 9.17) is 4.74 Å². The van der Waals surface area contributed by atoms with Crippen molar-refractivity contribution >= 4 is 17.5 Å². The standard InChI is InChI=1S/C18H19NO2/c1-19(2)16-9-4-14(5-10-16)6-13-18(20)15-7-11-17(21-3)12-8-15/h4-13H,1-3H3/b13-6-. The van der Waals surface area contributed by atoms with Crippen molar-refractivity contribution < 1.29 is 9.53 Å². The summed E-state index contributed by atoms with van der Waals surface area (Å²) in [5.41, 5.74) is 2.79. The summed E-state index contributed by atoms with van der Waals surface area (Å²) in [5.74, 6) is 0.726. The van der Waals surface area contributed by atoms with Gasteiger partial charge in [0.25, 0.3) is 0 Å². The number of ketones is 1. The van der Waals surface area contributed by atoms with Gasteiger partial charge in [0.1, 0.15) is 5.75 Å². The molecule has 0 N–H and O–H groups in total. The van der Waals surface area contributed by atoms with E-state index in [0.717, 1.165) is 17.0 Å². The number of allylic oxidation sites excluding steroid dienone is 1. The van der Waals surface area contributed by atoms with Crippen LogP contribution in [-0.4, -0.2) is 27.0 Å². The molecule has 0 unspecified atom stereocenters. The summed E-state index contributed by atoms with van der Waals surface area (Å²) in [7, 11) is 5.60. The zero-order valence-electron chi connectivity index (χ0n) is 12.5. The average molecular weight is 281 g/mol. The van der Waals surface area contributed by atoms with Gasteiger partial charge in [0, 0.05) is 25.3 Å². The van der Waals surface area contributed by atoms with Gasteiger partial charge in [0.2, 0.25) is 0 Å². The smallest absolute Gasteiger partial charge is 0.185 e. The van der Waals surface area contributed by atoms with Crippen LogP contribution in [0, 0.1) is 0 Å². The molecule has 108 valence electrons. The highest BCUT2D eigenvalue weighted by molar-refractivity contribution is 6.06. The first-order valence-electron chi connectivity index (χ1n) is 6.74. The molecule has 0 aromatic heterocycles. The molecule has 0 aliphatic carbocycles. The van der Waals surface area contributed by atoms with Crippen LogP contribution >= 0.6 is 0 Å². The number of hydrogen-bond acceptors (Lipinski definition) is 3. The number of methoxy groups -OCH3 is 1. The molecule has 3 heteroatoms. The Morgan fingerprint density at radius 2 is 1.62 bits per heavy atom. The second kappa shape index (κ2) is 6.75. The predicted molar refractivity (Wildman–Crippen MR) is 87.1 cm³/mol. The molecule has 2 rings (SSSR count). The normalized spacial score (nSPS) is 10.6. The summed E-state index contributed by atoms with van der Waals surface area (Å²) in [6, 6.07) is 15.1. The maximum atomic E-state index is 12.1. The van der Waals surface area contributed by atoms with Crippen molar-refractivity contribution in [2.75, 3.05) is 26.1 Å². The second-order valence-corrected chi connectivity index (χ2v) is 4.91. The van der Waals surface area contributed by atoms with Crippen molar-refractivity contribution in [1.29, 1.82) is 0 Å². The van der Waals surface area contributed by atoms with Gasteiger partial charge < -0.3 is 9.64 Å². The van der Waals surface area contributed by atoms with E-state index in [-0.39, 0.29) is 5.78 Å². The summed E-state index contributed by atoms with van der Waals surface area (Å²) in [5, 5.41) is 0. The molecule has 0 aliphatic rings. The van der Waals surface area contributed by atoms with Crippen LogP contribution in [0.25, 0.3) is 6.08 Å². The maximum absolute atomic E-state index is 12.1. The Kier molecular flexibility index (Phi) is 4.77. The third-order valence-electron chi connectivity index (χ3n) is 3.21. The van der Waals surface area contributed by atoms with Crippen LogP contribution in [-0.2, 0) is 0 Å². The maximum Gasteiger partial charge on any atom is 0.185 e. The van der Waals surface area contributed by atoms with Crippen LogP contribution in [0.1, 0.15) is 15.9 Å². The fourth-order valence-corrected chi connectivity index (χ4v) is 1.91. The molecule has 0 heterocycles.